The molecule has 0 atom stereocenters. The van der Waals surface area contributed by atoms with Gasteiger partial charge in [-0.2, -0.15) is 0 Å². The first kappa shape index (κ1) is 40.3. The topological polar surface area (TPSA) is 158 Å². The Balaban J connectivity index is 2.11. The summed E-state index contributed by atoms with van der Waals surface area (Å²) >= 11 is 0. The summed E-state index contributed by atoms with van der Waals surface area (Å²) in [5, 5.41) is 0. The molecule has 0 spiro atoms. The number of unbranched alkanes of at least 4 members (excludes halogenated alkanes) is 4. The molecule has 0 fully saturated rings. The molecule has 0 saturated carbocycles. The van der Waals surface area contributed by atoms with Gasteiger partial charge in [0.2, 0.25) is 0 Å². The van der Waals surface area contributed by atoms with E-state index >= 15 is 0 Å². The highest BCUT2D eigenvalue weighted by Crippen LogP contribution is 2.34. The maximum absolute atomic E-state index is 14.9. The molecule has 0 heterocycles. The van der Waals surface area contributed by atoms with Gasteiger partial charge in [0.05, 0.1) is 19.6 Å². The normalized spacial score (nSPS) is 12.9. The van der Waals surface area contributed by atoms with E-state index in [9.17, 15) is 33.7 Å². The number of nitrogens with zero attached hydrogens (tertiary/aromatic N) is 3. The summed E-state index contributed by atoms with van der Waals surface area (Å²) in [4.78, 5) is -2.18. The smallest absolute Gasteiger partial charge is 0.224 e. The van der Waals surface area contributed by atoms with Gasteiger partial charge in [0, 0.05) is 10.4 Å². The minimum absolute atomic E-state index is 0.115. The van der Waals surface area contributed by atoms with Gasteiger partial charge in [-0.15, -0.1) is 0 Å². The summed E-state index contributed by atoms with van der Waals surface area (Å²) in [5.41, 5.74) is 5.22. The molecule has 0 aliphatic heterocycles. The van der Waals surface area contributed by atoms with Crippen LogP contribution in [-0.2, 0) is 40.1 Å². The molecule has 0 aliphatic carbocycles. The van der Waals surface area contributed by atoms with Gasteiger partial charge in [0.25, 0.3) is 40.1 Å². The quantitative estimate of drug-likeness (QED) is 0.101. The van der Waals surface area contributed by atoms with Crippen LogP contribution in [0, 0.1) is 27.7 Å². The zero-order valence-corrected chi connectivity index (χ0v) is 32.5. The van der Waals surface area contributed by atoms with Crippen molar-refractivity contribution in [3.8, 4) is 0 Å². The predicted octanol–water partition coefficient (Wildman–Crippen LogP) is 5.99. The lowest BCUT2D eigenvalue weighted by Gasteiger charge is -2.38. The Morgan fingerprint density at radius 1 is 0.431 bits per heavy atom. The maximum Gasteiger partial charge on any atom is 0.273 e. The molecule has 0 radical (unpaired) electrons. The monoisotopic (exact) mass is 776 g/mol. The average molecular weight is 777 g/mol. The minimum Gasteiger partial charge on any atom is -0.224 e. The molecule has 4 aromatic rings. The van der Waals surface area contributed by atoms with Crippen molar-refractivity contribution in [2.45, 2.75) is 86.3 Å². The van der Waals surface area contributed by atoms with Crippen molar-refractivity contribution in [2.75, 3.05) is 6.54 Å². The Kier molecular flexibility index (Phi) is 13.0. The lowest BCUT2D eigenvalue weighted by molar-refractivity contribution is 0.0227. The van der Waals surface area contributed by atoms with Crippen LogP contribution < -0.4 is 5.43 Å². The van der Waals surface area contributed by atoms with E-state index in [1.54, 1.807) is 27.7 Å². The number of sulfonamides is 4. The van der Waals surface area contributed by atoms with Crippen molar-refractivity contribution >= 4 is 40.1 Å². The predicted molar refractivity (Wildman–Crippen MR) is 196 cm³/mol. The molecule has 276 valence electrons. The van der Waals surface area contributed by atoms with Crippen molar-refractivity contribution in [3.05, 3.63) is 119 Å². The number of aryl methyl sites for hydroxylation is 4. The molecule has 51 heavy (non-hydrogen) atoms. The van der Waals surface area contributed by atoms with Gasteiger partial charge in [0.15, 0.2) is 0 Å². The van der Waals surface area contributed by atoms with Gasteiger partial charge in [-0.1, -0.05) is 103 Å². The third kappa shape index (κ3) is 9.13. The number of benzene rings is 4. The fourth-order valence-electron chi connectivity index (χ4n) is 4.92. The SMILES string of the molecule is CCCCCCCNN(N(N(S(=O)(=O)c1ccc(C)cc1)S(=O)(=O)c1ccc(C)cc1)S(=O)(=O)c1ccc(C)cc1)S(=O)(=O)c1ccc(C)cc1. The van der Waals surface area contributed by atoms with E-state index in [1.165, 1.54) is 60.7 Å². The van der Waals surface area contributed by atoms with E-state index in [4.69, 9.17) is 0 Å². The lowest BCUT2D eigenvalue weighted by Crippen LogP contribution is -2.64. The first-order chi connectivity index (χ1) is 23.9. The largest absolute Gasteiger partial charge is 0.273 e. The Morgan fingerprint density at radius 2 is 0.745 bits per heavy atom. The second kappa shape index (κ2) is 16.5. The fourth-order valence-corrected chi connectivity index (χ4v) is 12.3. The molecule has 16 heteroatoms. The molecule has 1 N–H and O–H groups in total. The van der Waals surface area contributed by atoms with E-state index < -0.39 is 59.7 Å². The van der Waals surface area contributed by atoms with Crippen molar-refractivity contribution < 1.29 is 33.7 Å². The van der Waals surface area contributed by atoms with Gasteiger partial charge < -0.3 is 0 Å². The van der Waals surface area contributed by atoms with E-state index in [-0.39, 0.29) is 19.4 Å². The highest BCUT2D eigenvalue weighted by molar-refractivity contribution is 8.05. The highest BCUT2D eigenvalue weighted by atomic mass is 32.3. The number of hydrogen-bond acceptors (Lipinski definition) is 9. The average Bonchev–Trinajstić information content (AvgIpc) is 3.07. The van der Waals surface area contributed by atoms with E-state index in [0.29, 0.717) is 35.1 Å². The summed E-state index contributed by atoms with van der Waals surface area (Å²) < 4.78 is 118. The van der Waals surface area contributed by atoms with Crippen molar-refractivity contribution in [3.63, 3.8) is 0 Å². The summed E-state index contributed by atoms with van der Waals surface area (Å²) in [6, 6.07) is 20.7. The molecule has 4 rings (SSSR count). The maximum atomic E-state index is 14.9. The van der Waals surface area contributed by atoms with Crippen LogP contribution in [0.4, 0.5) is 0 Å². The van der Waals surface area contributed by atoms with E-state index in [2.05, 4.69) is 5.43 Å². The van der Waals surface area contributed by atoms with Crippen molar-refractivity contribution in [2.24, 2.45) is 0 Å². The second-order valence-corrected chi connectivity index (χ2v) is 19.5. The van der Waals surface area contributed by atoms with Crippen molar-refractivity contribution in [1.82, 2.24) is 18.3 Å². The molecule has 0 bridgehead atoms. The van der Waals surface area contributed by atoms with Crippen LogP contribution in [0.3, 0.4) is 0 Å². The standard InChI is InChI=1S/C35H44N4O8S4/c1-6-7-8-9-10-27-36-37(48(40,41)32-19-11-28(2)12-20-32)38(49(42,43)33-21-13-29(3)14-22-33)39(50(44,45)34-23-15-30(4)16-24-34)51(46,47)35-25-17-31(5)18-26-35/h11-26,36H,6-10,27H2,1-5H3. The summed E-state index contributed by atoms with van der Waals surface area (Å²) in [5.74, 6) is 0. The molecular formula is C35H44N4O8S4. The van der Waals surface area contributed by atoms with E-state index in [0.717, 1.165) is 55.7 Å². The zero-order valence-electron chi connectivity index (χ0n) is 29.2. The first-order valence-electron chi connectivity index (χ1n) is 16.3. The molecule has 0 aromatic heterocycles. The minimum atomic E-state index is -5.42. The molecule has 0 amide bonds. The fraction of sp³-hybridized carbons (Fsp3) is 0.314. The lowest BCUT2D eigenvalue weighted by atomic mass is 10.2. The van der Waals surface area contributed by atoms with Crippen LogP contribution in [0.1, 0.15) is 61.3 Å². The molecule has 0 aliphatic rings. The molecule has 0 unspecified atom stereocenters. The molecule has 12 nitrogen and oxygen atoms in total. The molecule has 4 aromatic carbocycles. The summed E-state index contributed by atoms with van der Waals surface area (Å²) in [6.45, 7) is 8.66. The van der Waals surface area contributed by atoms with Gasteiger partial charge in [-0.25, -0.2) is 39.1 Å². The van der Waals surface area contributed by atoms with Crippen LogP contribution in [0.15, 0.2) is 117 Å². The van der Waals surface area contributed by atoms with Gasteiger partial charge in [-0.05, 0) is 91.7 Å². The summed E-state index contributed by atoms with van der Waals surface area (Å²) in [7, 11) is -21.3. The number of hydrogen-bond donors (Lipinski definition) is 1. The molecule has 0 saturated heterocycles. The Hall–Kier alpha value is -3.48. The third-order valence-corrected chi connectivity index (χ3v) is 15.5. The summed E-state index contributed by atoms with van der Waals surface area (Å²) in [6.07, 6.45) is 3.65. The number of rotatable bonds is 17. The zero-order chi connectivity index (χ0) is 37.6. The Labute approximate surface area is 302 Å². The molecular weight excluding hydrogens is 733 g/mol. The third-order valence-electron chi connectivity index (χ3n) is 7.95. The van der Waals surface area contributed by atoms with Crippen LogP contribution in [0.5, 0.6) is 0 Å². The Morgan fingerprint density at radius 3 is 1.10 bits per heavy atom. The second-order valence-electron chi connectivity index (χ2n) is 12.2. The van der Waals surface area contributed by atoms with Gasteiger partial charge >= 0.3 is 0 Å². The van der Waals surface area contributed by atoms with Crippen LogP contribution in [0.2, 0.25) is 0 Å². The van der Waals surface area contributed by atoms with E-state index in [1.807, 2.05) is 6.92 Å². The van der Waals surface area contributed by atoms with Gasteiger partial charge in [0.1, 0.15) is 0 Å². The van der Waals surface area contributed by atoms with Crippen molar-refractivity contribution in [1.29, 1.82) is 0 Å². The first-order valence-corrected chi connectivity index (χ1v) is 22.1. The number of hydrazine groups is 3. The van der Waals surface area contributed by atoms with Crippen LogP contribution in [-0.4, -0.2) is 53.1 Å². The highest BCUT2D eigenvalue weighted by Gasteiger charge is 2.53. The van der Waals surface area contributed by atoms with Crippen LogP contribution >= 0.6 is 0 Å². The number of nitrogens with one attached hydrogen (secondary N) is 1. The Bertz CT molecular complexity index is 2150. The van der Waals surface area contributed by atoms with Gasteiger partial charge in [-0.3, -0.25) is 0 Å². The van der Waals surface area contributed by atoms with Crippen LogP contribution in [0.25, 0.3) is 0 Å².